The van der Waals surface area contributed by atoms with Crippen LogP contribution >= 0.6 is 0 Å². The van der Waals surface area contributed by atoms with Crippen LogP contribution in [0.15, 0.2) is 18.3 Å². The molecule has 1 heterocycles. The fourth-order valence-corrected chi connectivity index (χ4v) is 0.813. The summed E-state index contributed by atoms with van der Waals surface area (Å²) in [5.41, 5.74) is 0.838. The van der Waals surface area contributed by atoms with E-state index in [1.54, 1.807) is 19.4 Å². The first-order chi connectivity index (χ1) is 5.38. The predicted octanol–water partition coefficient (Wildman–Crippen LogP) is 1.51. The minimum atomic E-state index is 0.330. The Kier molecular flexibility index (Phi) is 2.45. The minimum absolute atomic E-state index is 0.330. The third-order valence-electron chi connectivity index (χ3n) is 1.29. The summed E-state index contributed by atoms with van der Waals surface area (Å²) in [4.78, 5) is 7.19. The Hall–Kier alpha value is -1.56. The molecule has 0 aliphatic heterocycles. The van der Waals surface area contributed by atoms with E-state index >= 15 is 0 Å². The summed E-state index contributed by atoms with van der Waals surface area (Å²) in [7, 11) is 1.55. The minimum Gasteiger partial charge on any atom is -0.481 e. The van der Waals surface area contributed by atoms with Crippen LogP contribution in [0.3, 0.4) is 0 Å². The van der Waals surface area contributed by atoms with Crippen molar-refractivity contribution < 1.29 is 4.74 Å². The lowest BCUT2D eigenvalue weighted by atomic mass is 10.3. The zero-order valence-corrected chi connectivity index (χ0v) is 6.24. The summed E-state index contributed by atoms with van der Waals surface area (Å²) in [5, 5.41) is 0. The van der Waals surface area contributed by atoms with E-state index in [1.807, 2.05) is 6.07 Å². The fourth-order valence-electron chi connectivity index (χ4n) is 0.813. The van der Waals surface area contributed by atoms with Gasteiger partial charge >= 0.3 is 0 Å². The lowest BCUT2D eigenvalue weighted by Gasteiger charge is -1.99. The van der Waals surface area contributed by atoms with Crippen molar-refractivity contribution in [2.75, 3.05) is 7.11 Å². The monoisotopic (exact) mass is 148 g/mol. The number of hydrogen-bond acceptors (Lipinski definition) is 2. The number of rotatable bonds is 2. The summed E-state index contributed by atoms with van der Waals surface area (Å²) >= 11 is 0. The molecule has 0 atom stereocenters. The predicted molar refractivity (Wildman–Crippen MR) is 41.1 cm³/mol. The van der Waals surface area contributed by atoms with Crippen molar-refractivity contribution in [3.8, 4) is 5.88 Å². The van der Waals surface area contributed by atoms with Crippen LogP contribution in [0, 0.1) is 6.57 Å². The molecule has 0 unspecified atom stereocenters. The fraction of sp³-hybridized carbons (Fsp3) is 0.250. The Balaban J connectivity index is 2.94. The number of pyridine rings is 1. The van der Waals surface area contributed by atoms with Gasteiger partial charge in [-0.3, -0.25) is 0 Å². The Bertz CT molecular complexity index is 278. The first-order valence-electron chi connectivity index (χ1n) is 3.19. The summed E-state index contributed by atoms with van der Waals surface area (Å²) in [6.45, 7) is 6.98. The summed E-state index contributed by atoms with van der Waals surface area (Å²) in [6, 6.07) is 3.63. The number of methoxy groups -OCH3 is 1. The molecule has 0 N–H and O–H groups in total. The Labute approximate surface area is 65.5 Å². The van der Waals surface area contributed by atoms with Gasteiger partial charge in [0.2, 0.25) is 12.4 Å². The van der Waals surface area contributed by atoms with Crippen molar-refractivity contribution >= 4 is 0 Å². The van der Waals surface area contributed by atoms with Gasteiger partial charge in [0.25, 0.3) is 0 Å². The SMILES string of the molecule is [C-]#[N+]Cc1cccnc1OC. The first kappa shape index (κ1) is 7.55. The van der Waals surface area contributed by atoms with Crippen LogP contribution in [0.25, 0.3) is 4.85 Å². The molecule has 1 aromatic rings. The maximum Gasteiger partial charge on any atom is 0.244 e. The van der Waals surface area contributed by atoms with Crippen LogP contribution in [-0.4, -0.2) is 12.1 Å². The Morgan fingerprint density at radius 3 is 3.18 bits per heavy atom. The molecule has 3 heteroatoms. The van der Waals surface area contributed by atoms with E-state index in [9.17, 15) is 0 Å². The number of nitrogens with zero attached hydrogens (tertiary/aromatic N) is 2. The second-order valence-electron chi connectivity index (χ2n) is 1.99. The molecule has 0 saturated heterocycles. The highest BCUT2D eigenvalue weighted by Gasteiger charge is 2.03. The van der Waals surface area contributed by atoms with Crippen molar-refractivity contribution in [1.82, 2.24) is 4.98 Å². The van der Waals surface area contributed by atoms with Crippen molar-refractivity contribution in [2.24, 2.45) is 0 Å². The van der Waals surface area contributed by atoms with Crippen LogP contribution in [-0.2, 0) is 6.54 Å². The van der Waals surface area contributed by atoms with Gasteiger partial charge < -0.3 is 9.58 Å². The van der Waals surface area contributed by atoms with Gasteiger partial charge in [0.15, 0.2) is 0 Å². The van der Waals surface area contributed by atoms with Crippen LogP contribution in [0.5, 0.6) is 5.88 Å². The van der Waals surface area contributed by atoms with E-state index in [-0.39, 0.29) is 0 Å². The van der Waals surface area contributed by atoms with E-state index in [1.165, 1.54) is 0 Å². The molecular weight excluding hydrogens is 140 g/mol. The molecule has 0 radical (unpaired) electrons. The smallest absolute Gasteiger partial charge is 0.244 e. The van der Waals surface area contributed by atoms with Gasteiger partial charge in [-0.25, -0.2) is 11.6 Å². The molecule has 0 saturated carbocycles. The van der Waals surface area contributed by atoms with Crippen molar-refractivity contribution in [1.29, 1.82) is 0 Å². The highest BCUT2D eigenvalue weighted by Crippen LogP contribution is 2.13. The zero-order chi connectivity index (χ0) is 8.10. The molecule has 11 heavy (non-hydrogen) atoms. The van der Waals surface area contributed by atoms with E-state index < -0.39 is 0 Å². The second-order valence-corrected chi connectivity index (χ2v) is 1.99. The van der Waals surface area contributed by atoms with Gasteiger partial charge in [0.1, 0.15) is 0 Å². The van der Waals surface area contributed by atoms with E-state index in [2.05, 4.69) is 9.83 Å². The van der Waals surface area contributed by atoms with Gasteiger partial charge in [-0.05, 0) is 12.1 Å². The van der Waals surface area contributed by atoms with Gasteiger partial charge in [-0.1, -0.05) is 0 Å². The first-order valence-corrected chi connectivity index (χ1v) is 3.19. The summed E-state index contributed by atoms with van der Waals surface area (Å²) < 4.78 is 4.94. The van der Waals surface area contributed by atoms with Crippen LogP contribution in [0.1, 0.15) is 5.56 Å². The van der Waals surface area contributed by atoms with Gasteiger partial charge in [0.05, 0.1) is 12.7 Å². The van der Waals surface area contributed by atoms with E-state index in [0.717, 1.165) is 5.56 Å². The highest BCUT2D eigenvalue weighted by atomic mass is 16.5. The number of ether oxygens (including phenoxy) is 1. The Morgan fingerprint density at radius 2 is 2.55 bits per heavy atom. The lowest BCUT2D eigenvalue weighted by molar-refractivity contribution is 0.393. The molecule has 0 bridgehead atoms. The van der Waals surface area contributed by atoms with Gasteiger partial charge in [0, 0.05) is 6.20 Å². The second kappa shape index (κ2) is 3.57. The van der Waals surface area contributed by atoms with E-state index in [4.69, 9.17) is 11.3 Å². The molecule has 1 rings (SSSR count). The molecule has 56 valence electrons. The molecule has 1 aromatic heterocycles. The average molecular weight is 148 g/mol. The molecular formula is C8H8N2O. The standard InChI is InChI=1S/C8H8N2O/c1-9-6-7-4-3-5-10-8(7)11-2/h3-5H,6H2,2H3. The molecule has 3 nitrogen and oxygen atoms in total. The number of hydrogen-bond donors (Lipinski definition) is 0. The highest BCUT2D eigenvalue weighted by molar-refractivity contribution is 5.26. The van der Waals surface area contributed by atoms with Crippen molar-refractivity contribution in [2.45, 2.75) is 6.54 Å². The Morgan fingerprint density at radius 1 is 1.73 bits per heavy atom. The third kappa shape index (κ3) is 1.68. The van der Waals surface area contributed by atoms with Crippen LogP contribution in [0.4, 0.5) is 0 Å². The largest absolute Gasteiger partial charge is 0.481 e. The average Bonchev–Trinajstić information content (AvgIpc) is 2.06. The van der Waals surface area contributed by atoms with Crippen LogP contribution in [0.2, 0.25) is 0 Å². The van der Waals surface area contributed by atoms with Gasteiger partial charge in [-0.2, -0.15) is 0 Å². The quantitative estimate of drug-likeness (QED) is 0.594. The van der Waals surface area contributed by atoms with Gasteiger partial charge in [-0.15, -0.1) is 0 Å². The number of aromatic nitrogens is 1. The molecule has 0 amide bonds. The molecule has 0 aliphatic carbocycles. The van der Waals surface area contributed by atoms with Crippen molar-refractivity contribution in [3.63, 3.8) is 0 Å². The third-order valence-corrected chi connectivity index (χ3v) is 1.29. The maximum absolute atomic E-state index is 6.65. The maximum atomic E-state index is 6.65. The molecule has 0 aromatic carbocycles. The zero-order valence-electron chi connectivity index (χ0n) is 6.24. The lowest BCUT2D eigenvalue weighted by Crippen LogP contribution is -1.92. The van der Waals surface area contributed by atoms with E-state index in [0.29, 0.717) is 12.4 Å². The van der Waals surface area contributed by atoms with Crippen LogP contribution < -0.4 is 4.74 Å². The molecule has 0 aliphatic rings. The molecule has 0 spiro atoms. The van der Waals surface area contributed by atoms with Crippen molar-refractivity contribution in [3.05, 3.63) is 35.3 Å². The summed E-state index contributed by atoms with van der Waals surface area (Å²) in [6.07, 6.45) is 1.65. The molecule has 0 fully saturated rings. The normalized spacial score (nSPS) is 8.73. The summed E-state index contributed by atoms with van der Waals surface area (Å²) in [5.74, 6) is 0.545. The topological polar surface area (TPSA) is 26.5 Å².